The number of carbonyl (C=O) groups is 1. The van der Waals surface area contributed by atoms with Crippen LogP contribution >= 0.6 is 0 Å². The Bertz CT molecular complexity index is 441. The maximum atomic E-state index is 12.8. The second kappa shape index (κ2) is 6.81. The van der Waals surface area contributed by atoms with Gasteiger partial charge in [0.15, 0.2) is 0 Å². The number of nitrogens with one attached hydrogen (secondary N) is 3. The van der Waals surface area contributed by atoms with E-state index in [0.29, 0.717) is 19.0 Å². The number of halogens is 1. The third-order valence-corrected chi connectivity index (χ3v) is 3.50. The fourth-order valence-electron chi connectivity index (χ4n) is 2.34. The number of piperazine rings is 1. The van der Waals surface area contributed by atoms with Gasteiger partial charge in [0, 0.05) is 25.2 Å². The smallest absolute Gasteiger partial charge is 0.238 e. The number of hydrogen-bond donors (Lipinski definition) is 3. The first kappa shape index (κ1) is 14.9. The topological polar surface area (TPSA) is 53.2 Å². The lowest BCUT2D eigenvalue weighted by atomic mass is 10.1. The molecule has 0 saturated carbocycles. The molecule has 20 heavy (non-hydrogen) atoms. The van der Waals surface area contributed by atoms with Gasteiger partial charge in [-0.3, -0.25) is 4.79 Å². The zero-order chi connectivity index (χ0) is 14.5. The van der Waals surface area contributed by atoms with Crippen LogP contribution in [0.4, 0.5) is 4.39 Å². The SMILES string of the molecule is CC1CNC(C(=O)NC(C)Cc2ccc(F)cc2)CN1. The predicted molar refractivity (Wildman–Crippen MR) is 77.0 cm³/mol. The Kier molecular flexibility index (Phi) is 5.09. The monoisotopic (exact) mass is 279 g/mol. The Morgan fingerprint density at radius 1 is 1.35 bits per heavy atom. The molecule has 1 heterocycles. The summed E-state index contributed by atoms with van der Waals surface area (Å²) < 4.78 is 12.8. The lowest BCUT2D eigenvalue weighted by Gasteiger charge is -2.29. The van der Waals surface area contributed by atoms with Gasteiger partial charge in [-0.2, -0.15) is 0 Å². The van der Waals surface area contributed by atoms with Crippen LogP contribution in [0, 0.1) is 5.82 Å². The molecule has 3 unspecified atom stereocenters. The van der Waals surface area contributed by atoms with Crippen LogP contribution in [-0.4, -0.2) is 37.1 Å². The minimum atomic E-state index is -0.239. The minimum Gasteiger partial charge on any atom is -0.352 e. The van der Waals surface area contributed by atoms with Gasteiger partial charge in [0.1, 0.15) is 5.82 Å². The largest absolute Gasteiger partial charge is 0.352 e. The van der Waals surface area contributed by atoms with Crippen molar-refractivity contribution in [3.05, 3.63) is 35.6 Å². The third kappa shape index (κ3) is 4.28. The molecule has 3 atom stereocenters. The Morgan fingerprint density at radius 3 is 2.65 bits per heavy atom. The fraction of sp³-hybridized carbons (Fsp3) is 0.533. The van der Waals surface area contributed by atoms with E-state index >= 15 is 0 Å². The Morgan fingerprint density at radius 2 is 2.05 bits per heavy atom. The fourth-order valence-corrected chi connectivity index (χ4v) is 2.34. The van der Waals surface area contributed by atoms with Gasteiger partial charge in [0.25, 0.3) is 0 Å². The second-order valence-electron chi connectivity index (χ2n) is 5.51. The predicted octanol–water partition coefficient (Wildman–Crippen LogP) is 0.823. The molecule has 1 aromatic carbocycles. The number of benzene rings is 1. The summed E-state index contributed by atoms with van der Waals surface area (Å²) in [7, 11) is 0. The standard InChI is InChI=1S/C15H22FN3O/c1-10(7-12-3-5-13(16)6-4-12)19-15(20)14-9-17-11(2)8-18-14/h3-6,10-11,14,17-18H,7-9H2,1-2H3,(H,19,20). The highest BCUT2D eigenvalue weighted by molar-refractivity contribution is 5.82. The molecule has 0 aromatic heterocycles. The maximum Gasteiger partial charge on any atom is 0.238 e. The van der Waals surface area contributed by atoms with E-state index in [1.165, 1.54) is 12.1 Å². The van der Waals surface area contributed by atoms with Crippen molar-refractivity contribution in [2.24, 2.45) is 0 Å². The summed E-state index contributed by atoms with van der Waals surface area (Å²) in [5.74, 6) is -0.226. The summed E-state index contributed by atoms with van der Waals surface area (Å²) in [5.41, 5.74) is 1.02. The zero-order valence-electron chi connectivity index (χ0n) is 11.9. The molecule has 1 aliphatic rings. The van der Waals surface area contributed by atoms with Crippen LogP contribution in [-0.2, 0) is 11.2 Å². The van der Waals surface area contributed by atoms with Gasteiger partial charge in [-0.15, -0.1) is 0 Å². The van der Waals surface area contributed by atoms with Gasteiger partial charge in [-0.25, -0.2) is 4.39 Å². The summed E-state index contributed by atoms with van der Waals surface area (Å²) in [6.45, 7) is 5.49. The maximum absolute atomic E-state index is 12.8. The van der Waals surface area contributed by atoms with E-state index in [0.717, 1.165) is 12.1 Å². The van der Waals surface area contributed by atoms with Crippen molar-refractivity contribution < 1.29 is 9.18 Å². The van der Waals surface area contributed by atoms with Crippen molar-refractivity contribution in [3.8, 4) is 0 Å². The molecule has 2 rings (SSSR count). The van der Waals surface area contributed by atoms with Gasteiger partial charge in [-0.05, 0) is 38.0 Å². The van der Waals surface area contributed by atoms with Crippen LogP contribution in [0.2, 0.25) is 0 Å². The van der Waals surface area contributed by atoms with Gasteiger partial charge in [0.05, 0.1) is 6.04 Å². The number of rotatable bonds is 4. The molecule has 0 spiro atoms. The van der Waals surface area contributed by atoms with Crippen LogP contribution in [0.5, 0.6) is 0 Å². The van der Waals surface area contributed by atoms with E-state index in [2.05, 4.69) is 22.9 Å². The van der Waals surface area contributed by atoms with Crippen molar-refractivity contribution in [1.82, 2.24) is 16.0 Å². The first-order valence-electron chi connectivity index (χ1n) is 7.06. The van der Waals surface area contributed by atoms with Crippen LogP contribution < -0.4 is 16.0 Å². The van der Waals surface area contributed by atoms with Gasteiger partial charge in [0.2, 0.25) is 5.91 Å². The molecule has 110 valence electrons. The lowest BCUT2D eigenvalue weighted by Crippen LogP contribution is -2.59. The number of carbonyl (C=O) groups excluding carboxylic acids is 1. The van der Waals surface area contributed by atoms with Crippen molar-refractivity contribution in [3.63, 3.8) is 0 Å². The molecule has 1 aromatic rings. The zero-order valence-corrected chi connectivity index (χ0v) is 11.9. The van der Waals surface area contributed by atoms with Crippen LogP contribution in [0.15, 0.2) is 24.3 Å². The molecule has 4 nitrogen and oxygen atoms in total. The average molecular weight is 279 g/mol. The van der Waals surface area contributed by atoms with E-state index < -0.39 is 0 Å². The molecule has 5 heteroatoms. The Hall–Kier alpha value is -1.46. The van der Waals surface area contributed by atoms with Crippen molar-refractivity contribution in [2.75, 3.05) is 13.1 Å². The molecular formula is C15H22FN3O. The molecule has 1 amide bonds. The minimum absolute atomic E-state index is 0.0130. The molecule has 0 aliphatic carbocycles. The molecule has 1 saturated heterocycles. The quantitative estimate of drug-likeness (QED) is 0.765. The van der Waals surface area contributed by atoms with Gasteiger partial charge < -0.3 is 16.0 Å². The lowest BCUT2D eigenvalue weighted by molar-refractivity contribution is -0.124. The summed E-state index contributed by atoms with van der Waals surface area (Å²) in [4.78, 5) is 12.1. The molecule has 3 N–H and O–H groups in total. The van der Waals surface area contributed by atoms with E-state index in [-0.39, 0.29) is 23.8 Å². The van der Waals surface area contributed by atoms with Crippen LogP contribution in [0.25, 0.3) is 0 Å². The average Bonchev–Trinajstić information content (AvgIpc) is 2.42. The van der Waals surface area contributed by atoms with E-state index in [1.807, 2.05) is 6.92 Å². The molecule has 0 bridgehead atoms. The number of hydrogen-bond acceptors (Lipinski definition) is 3. The van der Waals surface area contributed by atoms with Gasteiger partial charge in [-0.1, -0.05) is 12.1 Å². The van der Waals surface area contributed by atoms with E-state index in [4.69, 9.17) is 0 Å². The highest BCUT2D eigenvalue weighted by atomic mass is 19.1. The highest BCUT2D eigenvalue weighted by Gasteiger charge is 2.23. The van der Waals surface area contributed by atoms with Crippen molar-refractivity contribution in [2.45, 2.75) is 38.4 Å². The third-order valence-electron chi connectivity index (χ3n) is 3.50. The summed E-state index contributed by atoms with van der Waals surface area (Å²) in [5, 5.41) is 9.49. The molecule has 0 radical (unpaired) electrons. The van der Waals surface area contributed by atoms with Crippen molar-refractivity contribution >= 4 is 5.91 Å². The molecule has 1 aliphatic heterocycles. The van der Waals surface area contributed by atoms with E-state index in [9.17, 15) is 9.18 Å². The van der Waals surface area contributed by atoms with Crippen LogP contribution in [0.3, 0.4) is 0 Å². The highest BCUT2D eigenvalue weighted by Crippen LogP contribution is 2.06. The normalized spacial score (nSPS) is 24.1. The van der Waals surface area contributed by atoms with E-state index in [1.54, 1.807) is 12.1 Å². The van der Waals surface area contributed by atoms with Crippen molar-refractivity contribution in [1.29, 1.82) is 0 Å². The first-order chi connectivity index (χ1) is 9.54. The Labute approximate surface area is 119 Å². The molecular weight excluding hydrogens is 257 g/mol. The first-order valence-corrected chi connectivity index (χ1v) is 7.06. The van der Waals surface area contributed by atoms with Crippen LogP contribution in [0.1, 0.15) is 19.4 Å². The number of amides is 1. The summed E-state index contributed by atoms with van der Waals surface area (Å²) in [6, 6.07) is 6.63. The molecule has 1 fully saturated rings. The summed E-state index contributed by atoms with van der Waals surface area (Å²) in [6.07, 6.45) is 0.697. The summed E-state index contributed by atoms with van der Waals surface area (Å²) >= 11 is 0. The Balaban J connectivity index is 1.80. The second-order valence-corrected chi connectivity index (χ2v) is 5.51. The van der Waals surface area contributed by atoms with Gasteiger partial charge >= 0.3 is 0 Å².